The van der Waals surface area contributed by atoms with Crippen LogP contribution in [0.15, 0.2) is 30.3 Å². The number of hydrogen-bond acceptors (Lipinski definition) is 1. The largest absolute Gasteiger partial charge is 0.327 e. The zero-order chi connectivity index (χ0) is 9.19. The summed E-state index contributed by atoms with van der Waals surface area (Å²) in [5.74, 6) is 0. The van der Waals surface area contributed by atoms with Crippen LogP contribution in [0, 0.1) is 0 Å². The molecule has 1 aromatic carbocycles. The molecule has 2 N–H and O–H groups in total. The average molecular weight is 163 g/mol. The van der Waals surface area contributed by atoms with Gasteiger partial charge in [0.05, 0.1) is 0 Å². The number of hydrogen-bond donors (Lipinski definition) is 1. The summed E-state index contributed by atoms with van der Waals surface area (Å²) >= 11 is 0. The highest BCUT2D eigenvalue weighted by atomic mass is 14.7. The molecule has 12 heavy (non-hydrogen) atoms. The van der Waals surface area contributed by atoms with Gasteiger partial charge in [0.2, 0.25) is 0 Å². The molecule has 0 radical (unpaired) electrons. The molecule has 0 aliphatic rings. The SMILES string of the molecule is C[C@@H](N)C(C)(C)c1ccccc1. The molecule has 0 aliphatic heterocycles. The first kappa shape index (κ1) is 9.27. The van der Waals surface area contributed by atoms with Crippen molar-refractivity contribution in [1.82, 2.24) is 0 Å². The second-order valence-corrected chi connectivity index (χ2v) is 3.88. The molecule has 0 saturated heterocycles. The maximum Gasteiger partial charge on any atom is 0.0102 e. The van der Waals surface area contributed by atoms with E-state index in [4.69, 9.17) is 5.73 Å². The first-order chi connectivity index (χ1) is 5.55. The van der Waals surface area contributed by atoms with E-state index in [-0.39, 0.29) is 11.5 Å². The molecule has 1 rings (SSSR count). The zero-order valence-electron chi connectivity index (χ0n) is 8.04. The smallest absolute Gasteiger partial charge is 0.0102 e. The maximum atomic E-state index is 5.90. The Labute approximate surface area is 74.6 Å². The van der Waals surface area contributed by atoms with E-state index in [2.05, 4.69) is 38.1 Å². The Kier molecular flexibility index (Phi) is 2.53. The molecular weight excluding hydrogens is 146 g/mol. The summed E-state index contributed by atoms with van der Waals surface area (Å²) in [6.07, 6.45) is 0. The van der Waals surface area contributed by atoms with Gasteiger partial charge in [0.15, 0.2) is 0 Å². The minimum absolute atomic E-state index is 0.0707. The van der Waals surface area contributed by atoms with Gasteiger partial charge in [-0.2, -0.15) is 0 Å². The van der Waals surface area contributed by atoms with E-state index in [0.29, 0.717) is 0 Å². The van der Waals surface area contributed by atoms with E-state index in [1.807, 2.05) is 13.0 Å². The van der Waals surface area contributed by atoms with Crippen LogP contribution in [0.5, 0.6) is 0 Å². The van der Waals surface area contributed by atoms with Crippen molar-refractivity contribution < 1.29 is 0 Å². The normalized spacial score (nSPS) is 14.3. The third-order valence-corrected chi connectivity index (χ3v) is 2.66. The Morgan fingerprint density at radius 3 is 2.08 bits per heavy atom. The van der Waals surface area contributed by atoms with E-state index in [9.17, 15) is 0 Å². The highest BCUT2D eigenvalue weighted by Gasteiger charge is 2.24. The van der Waals surface area contributed by atoms with Crippen molar-refractivity contribution in [2.45, 2.75) is 32.2 Å². The second kappa shape index (κ2) is 3.28. The minimum atomic E-state index is 0.0707. The predicted molar refractivity (Wildman–Crippen MR) is 53.1 cm³/mol. The van der Waals surface area contributed by atoms with Crippen molar-refractivity contribution in [2.24, 2.45) is 5.73 Å². The van der Waals surface area contributed by atoms with Gasteiger partial charge in [-0.05, 0) is 12.5 Å². The minimum Gasteiger partial charge on any atom is -0.327 e. The van der Waals surface area contributed by atoms with Gasteiger partial charge in [-0.15, -0.1) is 0 Å². The van der Waals surface area contributed by atoms with Crippen LogP contribution in [0.25, 0.3) is 0 Å². The molecule has 66 valence electrons. The number of nitrogens with two attached hydrogens (primary N) is 1. The summed E-state index contributed by atoms with van der Waals surface area (Å²) in [6.45, 7) is 6.40. The Morgan fingerprint density at radius 2 is 1.67 bits per heavy atom. The Morgan fingerprint density at radius 1 is 1.17 bits per heavy atom. The molecule has 1 nitrogen and oxygen atoms in total. The highest BCUT2D eigenvalue weighted by molar-refractivity contribution is 5.25. The molecule has 0 fully saturated rings. The molecule has 0 aromatic heterocycles. The average Bonchev–Trinajstić information content (AvgIpc) is 2.06. The van der Waals surface area contributed by atoms with Gasteiger partial charge < -0.3 is 5.73 Å². The molecule has 1 atom stereocenters. The number of rotatable bonds is 2. The highest BCUT2D eigenvalue weighted by Crippen LogP contribution is 2.25. The molecule has 0 unspecified atom stereocenters. The molecule has 0 bridgehead atoms. The molecule has 0 saturated carbocycles. The van der Waals surface area contributed by atoms with E-state index in [1.165, 1.54) is 5.56 Å². The molecule has 0 heterocycles. The lowest BCUT2D eigenvalue weighted by atomic mass is 9.79. The fourth-order valence-electron chi connectivity index (χ4n) is 1.13. The van der Waals surface area contributed by atoms with E-state index in [1.54, 1.807) is 0 Å². The summed E-state index contributed by atoms with van der Waals surface area (Å²) in [7, 11) is 0. The van der Waals surface area contributed by atoms with Gasteiger partial charge in [0, 0.05) is 11.5 Å². The van der Waals surface area contributed by atoms with Crippen LogP contribution in [0.1, 0.15) is 26.3 Å². The fraction of sp³-hybridized carbons (Fsp3) is 0.455. The van der Waals surface area contributed by atoms with Crippen molar-refractivity contribution in [3.8, 4) is 0 Å². The lowest BCUT2D eigenvalue weighted by Crippen LogP contribution is -2.38. The van der Waals surface area contributed by atoms with Crippen LogP contribution >= 0.6 is 0 Å². The van der Waals surface area contributed by atoms with E-state index in [0.717, 1.165) is 0 Å². The summed E-state index contributed by atoms with van der Waals surface area (Å²) in [5.41, 5.74) is 7.28. The van der Waals surface area contributed by atoms with Crippen molar-refractivity contribution in [3.05, 3.63) is 35.9 Å². The van der Waals surface area contributed by atoms with Gasteiger partial charge >= 0.3 is 0 Å². The Balaban J connectivity index is 2.98. The molecule has 1 heteroatoms. The van der Waals surface area contributed by atoms with Crippen LogP contribution in [-0.2, 0) is 5.41 Å². The lowest BCUT2D eigenvalue weighted by molar-refractivity contribution is 0.434. The quantitative estimate of drug-likeness (QED) is 0.711. The van der Waals surface area contributed by atoms with Crippen LogP contribution in [-0.4, -0.2) is 6.04 Å². The van der Waals surface area contributed by atoms with Crippen LogP contribution in [0.3, 0.4) is 0 Å². The van der Waals surface area contributed by atoms with Gasteiger partial charge in [-0.1, -0.05) is 44.2 Å². The summed E-state index contributed by atoms with van der Waals surface area (Å²) in [4.78, 5) is 0. The summed E-state index contributed by atoms with van der Waals surface area (Å²) in [5, 5.41) is 0. The van der Waals surface area contributed by atoms with Crippen molar-refractivity contribution in [1.29, 1.82) is 0 Å². The van der Waals surface area contributed by atoms with E-state index >= 15 is 0 Å². The maximum absolute atomic E-state index is 5.90. The van der Waals surface area contributed by atoms with Gasteiger partial charge in [-0.3, -0.25) is 0 Å². The van der Waals surface area contributed by atoms with Gasteiger partial charge in [-0.25, -0.2) is 0 Å². The Bertz CT molecular complexity index is 236. The zero-order valence-corrected chi connectivity index (χ0v) is 8.04. The third kappa shape index (κ3) is 1.67. The van der Waals surface area contributed by atoms with Crippen LogP contribution in [0.4, 0.5) is 0 Å². The first-order valence-electron chi connectivity index (χ1n) is 4.36. The summed E-state index contributed by atoms with van der Waals surface area (Å²) < 4.78 is 0. The molecule has 0 amide bonds. The standard InChI is InChI=1S/C11H17N/c1-9(12)11(2,3)10-7-5-4-6-8-10/h4-9H,12H2,1-3H3/t9-/m1/s1. The van der Waals surface area contributed by atoms with Crippen molar-refractivity contribution >= 4 is 0 Å². The van der Waals surface area contributed by atoms with E-state index < -0.39 is 0 Å². The van der Waals surface area contributed by atoms with Crippen LogP contribution < -0.4 is 5.73 Å². The second-order valence-electron chi connectivity index (χ2n) is 3.88. The van der Waals surface area contributed by atoms with Crippen LogP contribution in [0.2, 0.25) is 0 Å². The molecule has 1 aromatic rings. The van der Waals surface area contributed by atoms with Gasteiger partial charge in [0.1, 0.15) is 0 Å². The summed E-state index contributed by atoms with van der Waals surface area (Å²) in [6, 6.07) is 10.6. The topological polar surface area (TPSA) is 26.0 Å². The molecule has 0 aliphatic carbocycles. The third-order valence-electron chi connectivity index (χ3n) is 2.66. The number of benzene rings is 1. The lowest BCUT2D eigenvalue weighted by Gasteiger charge is -2.29. The monoisotopic (exact) mass is 163 g/mol. The predicted octanol–water partition coefficient (Wildman–Crippen LogP) is 2.31. The first-order valence-corrected chi connectivity index (χ1v) is 4.36. The molecular formula is C11H17N. The molecule has 0 spiro atoms. The van der Waals surface area contributed by atoms with Gasteiger partial charge in [0.25, 0.3) is 0 Å². The van der Waals surface area contributed by atoms with Crippen molar-refractivity contribution in [3.63, 3.8) is 0 Å². The fourth-order valence-corrected chi connectivity index (χ4v) is 1.13. The van der Waals surface area contributed by atoms with Crippen molar-refractivity contribution in [2.75, 3.05) is 0 Å². The Hall–Kier alpha value is -0.820.